The van der Waals surface area contributed by atoms with Crippen molar-refractivity contribution in [1.29, 1.82) is 0 Å². The summed E-state index contributed by atoms with van der Waals surface area (Å²) in [7, 11) is 0. The van der Waals surface area contributed by atoms with Crippen molar-refractivity contribution >= 4 is 12.1 Å². The molecule has 0 bridgehead atoms. The van der Waals surface area contributed by atoms with Gasteiger partial charge in [-0.15, -0.1) is 0 Å². The van der Waals surface area contributed by atoms with Crippen molar-refractivity contribution in [2.45, 2.75) is 31.9 Å². The second kappa shape index (κ2) is 5.90. The van der Waals surface area contributed by atoms with Gasteiger partial charge in [0.15, 0.2) is 0 Å². The summed E-state index contributed by atoms with van der Waals surface area (Å²) < 4.78 is 18.1. The first kappa shape index (κ1) is 14.3. The number of carboxylic acid groups (broad SMARTS) is 1. The Balaban J connectivity index is 2.20. The average molecular weight is 281 g/mol. The van der Waals surface area contributed by atoms with E-state index in [0.717, 1.165) is 0 Å². The van der Waals surface area contributed by atoms with Crippen molar-refractivity contribution < 1.29 is 23.8 Å². The number of nitrogens with zero attached hydrogens (tertiary/aromatic N) is 1. The number of carbonyl (C=O) groups is 2. The number of amides is 1. The van der Waals surface area contributed by atoms with Crippen molar-refractivity contribution in [3.8, 4) is 0 Å². The minimum absolute atomic E-state index is 0.287. The number of benzene rings is 1. The minimum Gasteiger partial charge on any atom is -0.465 e. The van der Waals surface area contributed by atoms with E-state index < -0.39 is 12.1 Å². The Hall–Kier alpha value is -2.11. The number of rotatable bonds is 2. The number of halogens is 1. The van der Waals surface area contributed by atoms with Crippen LogP contribution in [0.5, 0.6) is 0 Å². The van der Waals surface area contributed by atoms with Crippen LogP contribution in [0.4, 0.5) is 9.18 Å². The van der Waals surface area contributed by atoms with Gasteiger partial charge in [0.1, 0.15) is 11.9 Å². The van der Waals surface area contributed by atoms with E-state index in [-0.39, 0.29) is 24.4 Å². The standard InChI is InChI=1S/C14H16FNO4/c1-9(17)20-12-6-7-16(14(18)19)13(8-12)10-2-4-11(15)5-3-10/h2-5,12-13H,6-8H2,1H3,(H,18,19). The van der Waals surface area contributed by atoms with Crippen LogP contribution >= 0.6 is 0 Å². The Kier molecular flexibility index (Phi) is 4.22. The number of ether oxygens (including phenoxy) is 1. The monoisotopic (exact) mass is 281 g/mol. The van der Waals surface area contributed by atoms with Gasteiger partial charge in [0, 0.05) is 26.3 Å². The van der Waals surface area contributed by atoms with E-state index in [0.29, 0.717) is 18.4 Å². The maximum absolute atomic E-state index is 13.0. The third-order valence-electron chi connectivity index (χ3n) is 3.39. The Morgan fingerprint density at radius 3 is 2.55 bits per heavy atom. The van der Waals surface area contributed by atoms with Crippen LogP contribution in [0, 0.1) is 5.82 Å². The molecule has 20 heavy (non-hydrogen) atoms. The molecule has 2 rings (SSSR count). The SMILES string of the molecule is CC(=O)OC1CCN(C(=O)O)C(c2ccc(F)cc2)C1. The third-order valence-corrected chi connectivity index (χ3v) is 3.39. The molecule has 0 aliphatic carbocycles. The highest BCUT2D eigenvalue weighted by atomic mass is 19.1. The van der Waals surface area contributed by atoms with Crippen molar-refractivity contribution in [3.05, 3.63) is 35.6 Å². The number of hydrogen-bond donors (Lipinski definition) is 1. The molecule has 0 aromatic heterocycles. The van der Waals surface area contributed by atoms with Crippen LogP contribution in [0.1, 0.15) is 31.4 Å². The predicted octanol–water partition coefficient (Wildman–Crippen LogP) is 2.57. The summed E-state index contributed by atoms with van der Waals surface area (Å²) in [4.78, 5) is 23.6. The molecule has 1 heterocycles. The molecule has 108 valence electrons. The van der Waals surface area contributed by atoms with Crippen molar-refractivity contribution in [1.82, 2.24) is 4.90 Å². The first-order valence-electron chi connectivity index (χ1n) is 6.39. The number of esters is 1. The lowest BCUT2D eigenvalue weighted by Gasteiger charge is -2.37. The van der Waals surface area contributed by atoms with Gasteiger partial charge in [-0.2, -0.15) is 0 Å². The topological polar surface area (TPSA) is 66.8 Å². The number of carbonyl (C=O) groups excluding carboxylic acids is 1. The van der Waals surface area contributed by atoms with Crippen LogP contribution < -0.4 is 0 Å². The molecule has 1 aliphatic rings. The lowest BCUT2D eigenvalue weighted by molar-refractivity contribution is -0.149. The molecule has 2 atom stereocenters. The zero-order valence-corrected chi connectivity index (χ0v) is 11.1. The fourth-order valence-electron chi connectivity index (χ4n) is 2.50. The normalized spacial score (nSPS) is 22.4. The summed E-state index contributed by atoms with van der Waals surface area (Å²) in [5.41, 5.74) is 0.700. The van der Waals surface area contributed by atoms with E-state index in [2.05, 4.69) is 0 Å². The Bertz CT molecular complexity index is 502. The highest BCUT2D eigenvalue weighted by Gasteiger charge is 2.33. The van der Waals surface area contributed by atoms with Crippen LogP contribution in [-0.2, 0) is 9.53 Å². The molecule has 1 amide bonds. The maximum Gasteiger partial charge on any atom is 0.407 e. The van der Waals surface area contributed by atoms with E-state index >= 15 is 0 Å². The smallest absolute Gasteiger partial charge is 0.407 e. The van der Waals surface area contributed by atoms with Crippen LogP contribution in [-0.4, -0.2) is 34.7 Å². The summed E-state index contributed by atoms with van der Waals surface area (Å²) >= 11 is 0. The van der Waals surface area contributed by atoms with Gasteiger partial charge in [0.25, 0.3) is 0 Å². The molecule has 1 saturated heterocycles. The lowest BCUT2D eigenvalue weighted by atomic mass is 9.93. The molecule has 1 fully saturated rings. The second-order valence-corrected chi connectivity index (χ2v) is 4.80. The molecule has 1 aromatic rings. The van der Waals surface area contributed by atoms with E-state index in [9.17, 15) is 19.1 Å². The largest absolute Gasteiger partial charge is 0.465 e. The quantitative estimate of drug-likeness (QED) is 0.846. The Labute approximate surface area is 116 Å². The molecule has 1 N–H and O–H groups in total. The minimum atomic E-state index is -1.03. The van der Waals surface area contributed by atoms with Crippen molar-refractivity contribution in [3.63, 3.8) is 0 Å². The van der Waals surface area contributed by atoms with Crippen LogP contribution in [0.2, 0.25) is 0 Å². The molecular weight excluding hydrogens is 265 g/mol. The van der Waals surface area contributed by atoms with E-state index in [4.69, 9.17) is 4.74 Å². The molecule has 0 radical (unpaired) electrons. The summed E-state index contributed by atoms with van der Waals surface area (Å²) in [6.07, 6.45) is -0.472. The fraction of sp³-hybridized carbons (Fsp3) is 0.429. The van der Waals surface area contributed by atoms with Gasteiger partial charge in [-0.3, -0.25) is 4.79 Å². The van der Waals surface area contributed by atoms with Crippen LogP contribution in [0.15, 0.2) is 24.3 Å². The summed E-state index contributed by atoms with van der Waals surface area (Å²) in [5.74, 6) is -0.750. The molecule has 6 heteroatoms. The average Bonchev–Trinajstić information content (AvgIpc) is 2.38. The highest BCUT2D eigenvalue weighted by molar-refractivity contribution is 5.67. The van der Waals surface area contributed by atoms with Crippen LogP contribution in [0.25, 0.3) is 0 Å². The summed E-state index contributed by atoms with van der Waals surface area (Å²) in [6.45, 7) is 1.62. The zero-order chi connectivity index (χ0) is 14.7. The Morgan fingerprint density at radius 1 is 1.35 bits per heavy atom. The molecule has 0 saturated carbocycles. The maximum atomic E-state index is 13.0. The van der Waals surface area contributed by atoms with E-state index in [1.54, 1.807) is 12.1 Å². The summed E-state index contributed by atoms with van der Waals surface area (Å²) in [6, 6.07) is 5.29. The van der Waals surface area contributed by atoms with Gasteiger partial charge in [-0.05, 0) is 17.7 Å². The van der Waals surface area contributed by atoms with E-state index in [1.165, 1.54) is 24.0 Å². The van der Waals surface area contributed by atoms with Crippen molar-refractivity contribution in [2.24, 2.45) is 0 Å². The first-order chi connectivity index (χ1) is 9.47. The molecule has 2 unspecified atom stereocenters. The number of hydrogen-bond acceptors (Lipinski definition) is 3. The number of likely N-dealkylation sites (tertiary alicyclic amines) is 1. The first-order valence-corrected chi connectivity index (χ1v) is 6.39. The molecular formula is C14H16FNO4. The predicted molar refractivity (Wildman–Crippen MR) is 68.7 cm³/mol. The van der Waals surface area contributed by atoms with Gasteiger partial charge in [0.05, 0.1) is 6.04 Å². The van der Waals surface area contributed by atoms with Crippen molar-refractivity contribution in [2.75, 3.05) is 6.54 Å². The highest BCUT2D eigenvalue weighted by Crippen LogP contribution is 2.32. The summed E-state index contributed by atoms with van der Waals surface area (Å²) in [5, 5.41) is 9.24. The van der Waals surface area contributed by atoms with Gasteiger partial charge >= 0.3 is 12.1 Å². The van der Waals surface area contributed by atoms with E-state index in [1.807, 2.05) is 0 Å². The van der Waals surface area contributed by atoms with Gasteiger partial charge in [-0.25, -0.2) is 9.18 Å². The molecule has 5 nitrogen and oxygen atoms in total. The van der Waals surface area contributed by atoms with Gasteiger partial charge in [-0.1, -0.05) is 12.1 Å². The number of piperidine rings is 1. The molecule has 1 aliphatic heterocycles. The fourth-order valence-corrected chi connectivity index (χ4v) is 2.50. The zero-order valence-electron chi connectivity index (χ0n) is 11.1. The Morgan fingerprint density at radius 2 is 2.00 bits per heavy atom. The van der Waals surface area contributed by atoms with Gasteiger partial charge < -0.3 is 14.7 Å². The third kappa shape index (κ3) is 3.26. The van der Waals surface area contributed by atoms with Crippen LogP contribution in [0.3, 0.4) is 0 Å². The van der Waals surface area contributed by atoms with Gasteiger partial charge in [0.2, 0.25) is 0 Å². The second-order valence-electron chi connectivity index (χ2n) is 4.80. The molecule has 0 spiro atoms. The lowest BCUT2D eigenvalue weighted by Crippen LogP contribution is -2.43. The molecule has 1 aromatic carbocycles.